The summed E-state index contributed by atoms with van der Waals surface area (Å²) in [5.41, 5.74) is 1.15. The molecule has 0 amide bonds. The van der Waals surface area contributed by atoms with Crippen LogP contribution in [0.3, 0.4) is 0 Å². The molecule has 15 heavy (non-hydrogen) atoms. The molecule has 0 aliphatic carbocycles. The summed E-state index contributed by atoms with van der Waals surface area (Å²) in [7, 11) is 0. The fraction of sp³-hybridized carbons (Fsp3) is 0.300. The Morgan fingerprint density at radius 2 is 2.33 bits per heavy atom. The maximum atomic E-state index is 4.59. The van der Waals surface area contributed by atoms with Gasteiger partial charge in [-0.1, -0.05) is 0 Å². The number of halogens is 1. The third kappa shape index (κ3) is 2.64. The highest BCUT2D eigenvalue weighted by Gasteiger charge is 2.10. The van der Waals surface area contributed by atoms with Gasteiger partial charge in [0.15, 0.2) is 0 Å². The van der Waals surface area contributed by atoms with Crippen LogP contribution in [0, 0.1) is 6.92 Å². The largest absolute Gasteiger partial charge is 0.240 e. The predicted molar refractivity (Wildman–Crippen MR) is 75.4 cm³/mol. The summed E-state index contributed by atoms with van der Waals surface area (Å²) in [6.45, 7) is 2.07. The Labute approximate surface area is 111 Å². The third-order valence-corrected chi connectivity index (χ3v) is 5.31. The van der Waals surface area contributed by atoms with Crippen LogP contribution in [0.25, 0.3) is 9.88 Å². The molecule has 0 saturated carbocycles. The summed E-state index contributed by atoms with van der Waals surface area (Å²) >= 11 is 11.2. The van der Waals surface area contributed by atoms with Crippen molar-refractivity contribution in [1.82, 2.24) is 4.98 Å². The number of thiol groups is 1. The molecule has 0 N–H and O–H groups in total. The number of thiophene rings is 1. The minimum absolute atomic E-state index is 0.886. The molecule has 0 spiro atoms. The molecule has 0 bridgehead atoms. The van der Waals surface area contributed by atoms with E-state index in [0.29, 0.717) is 0 Å². The first kappa shape index (κ1) is 11.6. The zero-order valence-corrected chi connectivity index (χ0v) is 12.3. The molecule has 2 heterocycles. The molecule has 0 aliphatic rings. The van der Waals surface area contributed by atoms with Crippen molar-refractivity contribution in [1.29, 1.82) is 0 Å². The number of nitrogens with zero attached hydrogens (tertiary/aromatic N) is 1. The van der Waals surface area contributed by atoms with Crippen LogP contribution in [0.1, 0.15) is 10.6 Å². The summed E-state index contributed by atoms with van der Waals surface area (Å²) in [5, 5.41) is 3.21. The molecule has 1 nitrogen and oxygen atoms in total. The van der Waals surface area contributed by atoms with Crippen molar-refractivity contribution in [2.45, 2.75) is 13.3 Å². The van der Waals surface area contributed by atoms with Crippen LogP contribution in [0.2, 0.25) is 0 Å². The van der Waals surface area contributed by atoms with E-state index in [4.69, 9.17) is 0 Å². The number of aromatic nitrogens is 1. The van der Waals surface area contributed by atoms with E-state index in [0.717, 1.165) is 27.3 Å². The molecule has 2 rings (SSSR count). The van der Waals surface area contributed by atoms with Gasteiger partial charge in [-0.3, -0.25) is 0 Å². The van der Waals surface area contributed by atoms with Crippen LogP contribution >= 0.6 is 51.2 Å². The fourth-order valence-corrected chi connectivity index (χ4v) is 4.22. The average molecular weight is 320 g/mol. The van der Waals surface area contributed by atoms with E-state index in [1.54, 1.807) is 22.7 Å². The molecule has 0 atom stereocenters. The van der Waals surface area contributed by atoms with Crippen LogP contribution in [0.4, 0.5) is 0 Å². The van der Waals surface area contributed by atoms with Crippen LogP contribution in [-0.2, 0) is 6.42 Å². The van der Waals surface area contributed by atoms with Crippen molar-refractivity contribution < 1.29 is 0 Å². The lowest BCUT2D eigenvalue weighted by molar-refractivity contribution is 1.13. The summed E-state index contributed by atoms with van der Waals surface area (Å²) < 4.78 is 1.13. The maximum absolute atomic E-state index is 4.59. The number of aryl methyl sites for hydroxylation is 2. The molecular weight excluding hydrogens is 310 g/mol. The Morgan fingerprint density at radius 1 is 1.53 bits per heavy atom. The highest BCUT2D eigenvalue weighted by molar-refractivity contribution is 9.10. The smallest absolute Gasteiger partial charge is 0.133 e. The highest BCUT2D eigenvalue weighted by Crippen LogP contribution is 2.34. The standard InChI is InChI=1S/C10H10BrNS3/c1-6-8(2-3-13)15-10(12-6)9-4-7(11)5-14-9/h4-5,13H,2-3H2,1H3. The Kier molecular flexibility index (Phi) is 3.88. The lowest BCUT2D eigenvalue weighted by Gasteiger charge is -1.90. The lowest BCUT2D eigenvalue weighted by atomic mass is 10.3. The topological polar surface area (TPSA) is 12.9 Å². The van der Waals surface area contributed by atoms with Crippen molar-refractivity contribution >= 4 is 51.2 Å². The van der Waals surface area contributed by atoms with Gasteiger partial charge in [-0.15, -0.1) is 22.7 Å². The van der Waals surface area contributed by atoms with E-state index >= 15 is 0 Å². The van der Waals surface area contributed by atoms with Gasteiger partial charge in [0.25, 0.3) is 0 Å². The second-order valence-electron chi connectivity index (χ2n) is 3.13. The van der Waals surface area contributed by atoms with Crippen LogP contribution in [0.15, 0.2) is 15.9 Å². The molecule has 2 aromatic heterocycles. The highest BCUT2D eigenvalue weighted by atomic mass is 79.9. The Hall–Kier alpha value is 0.160. The summed E-state index contributed by atoms with van der Waals surface area (Å²) in [6, 6.07) is 2.12. The Balaban J connectivity index is 2.33. The molecule has 80 valence electrons. The van der Waals surface area contributed by atoms with Gasteiger partial charge in [-0.25, -0.2) is 4.98 Å². The van der Waals surface area contributed by atoms with Gasteiger partial charge in [0.2, 0.25) is 0 Å². The number of rotatable bonds is 3. The van der Waals surface area contributed by atoms with E-state index in [1.807, 2.05) is 0 Å². The normalized spacial score (nSPS) is 10.9. The maximum Gasteiger partial charge on any atom is 0.133 e. The van der Waals surface area contributed by atoms with Crippen molar-refractivity contribution in [3.63, 3.8) is 0 Å². The van der Waals surface area contributed by atoms with Gasteiger partial charge in [0.1, 0.15) is 5.01 Å². The first-order valence-corrected chi connectivity index (χ1v) is 7.64. The molecule has 0 aliphatic heterocycles. The second-order valence-corrected chi connectivity index (χ2v) is 6.49. The Bertz CT molecular complexity index is 461. The van der Waals surface area contributed by atoms with Gasteiger partial charge in [0.05, 0.1) is 10.6 Å². The first-order chi connectivity index (χ1) is 7.20. The SMILES string of the molecule is Cc1nc(-c2cc(Br)cs2)sc1CCS. The molecule has 0 saturated heterocycles. The van der Waals surface area contributed by atoms with Gasteiger partial charge in [0, 0.05) is 14.7 Å². The molecule has 0 radical (unpaired) electrons. The first-order valence-electron chi connectivity index (χ1n) is 4.52. The van der Waals surface area contributed by atoms with Crippen molar-refractivity contribution in [3.8, 4) is 9.88 Å². The molecule has 0 aromatic carbocycles. The van der Waals surface area contributed by atoms with Gasteiger partial charge < -0.3 is 0 Å². The minimum atomic E-state index is 0.886. The number of hydrogen-bond donors (Lipinski definition) is 1. The number of thiazole rings is 1. The van der Waals surface area contributed by atoms with Crippen LogP contribution < -0.4 is 0 Å². The molecule has 5 heteroatoms. The average Bonchev–Trinajstić information content (AvgIpc) is 2.75. The lowest BCUT2D eigenvalue weighted by Crippen LogP contribution is -1.84. The van der Waals surface area contributed by atoms with Gasteiger partial charge >= 0.3 is 0 Å². The fourth-order valence-electron chi connectivity index (χ4n) is 1.29. The minimum Gasteiger partial charge on any atom is -0.240 e. The molecule has 2 aromatic rings. The van der Waals surface area contributed by atoms with Gasteiger partial charge in [-0.05, 0) is 41.1 Å². The van der Waals surface area contributed by atoms with E-state index in [1.165, 1.54) is 9.75 Å². The van der Waals surface area contributed by atoms with E-state index in [-0.39, 0.29) is 0 Å². The van der Waals surface area contributed by atoms with E-state index in [2.05, 4.69) is 51.9 Å². The second kappa shape index (κ2) is 4.99. The predicted octanol–water partition coefficient (Wildman–Crippen LogP) is 4.41. The van der Waals surface area contributed by atoms with Crippen molar-refractivity contribution in [2.75, 3.05) is 5.75 Å². The van der Waals surface area contributed by atoms with Gasteiger partial charge in [-0.2, -0.15) is 12.6 Å². The summed E-state index contributed by atoms with van der Waals surface area (Å²) in [5.74, 6) is 0.886. The van der Waals surface area contributed by atoms with Crippen LogP contribution in [-0.4, -0.2) is 10.7 Å². The third-order valence-electron chi connectivity index (χ3n) is 2.01. The summed E-state index contributed by atoms with van der Waals surface area (Å²) in [4.78, 5) is 7.17. The van der Waals surface area contributed by atoms with Crippen LogP contribution in [0.5, 0.6) is 0 Å². The van der Waals surface area contributed by atoms with Crippen molar-refractivity contribution in [3.05, 3.63) is 26.5 Å². The molecule has 0 fully saturated rings. The van der Waals surface area contributed by atoms with E-state index < -0.39 is 0 Å². The summed E-state index contributed by atoms with van der Waals surface area (Å²) in [6.07, 6.45) is 1.01. The zero-order valence-electron chi connectivity index (χ0n) is 8.16. The monoisotopic (exact) mass is 319 g/mol. The molecular formula is C10H10BrNS3. The quantitative estimate of drug-likeness (QED) is 0.826. The zero-order chi connectivity index (χ0) is 10.8. The van der Waals surface area contributed by atoms with E-state index in [9.17, 15) is 0 Å². The number of hydrogen-bond acceptors (Lipinski definition) is 4. The Morgan fingerprint density at radius 3 is 2.93 bits per heavy atom. The molecule has 0 unspecified atom stereocenters. The van der Waals surface area contributed by atoms with Crippen molar-refractivity contribution in [2.24, 2.45) is 0 Å².